The minimum absolute atomic E-state index is 0.131. The Hall–Kier alpha value is -4.74. The quantitative estimate of drug-likeness (QED) is 0.233. The number of rotatable bonds is 9. The predicted octanol–water partition coefficient (Wildman–Crippen LogP) is 3.80. The summed E-state index contributed by atoms with van der Waals surface area (Å²) in [6.07, 6.45) is 8.00. The minimum Gasteiger partial charge on any atom is -0.425 e. The summed E-state index contributed by atoms with van der Waals surface area (Å²) in [5, 5.41) is 10.5. The van der Waals surface area contributed by atoms with Crippen LogP contribution in [-0.2, 0) is 14.3 Å². The molecule has 12 heteroatoms. The van der Waals surface area contributed by atoms with E-state index in [1.54, 1.807) is 32.2 Å². The Balaban J connectivity index is 1.38. The van der Waals surface area contributed by atoms with Crippen molar-refractivity contribution in [3.05, 3.63) is 65.1 Å². The number of allylic oxidation sites excluding steroid dienone is 1. The first-order chi connectivity index (χ1) is 19.3. The first-order valence-electron chi connectivity index (χ1n) is 13.1. The van der Waals surface area contributed by atoms with Gasteiger partial charge in [-0.1, -0.05) is 12.1 Å². The van der Waals surface area contributed by atoms with Crippen LogP contribution in [0, 0.1) is 13.8 Å². The number of anilines is 2. The van der Waals surface area contributed by atoms with Gasteiger partial charge in [0.1, 0.15) is 11.8 Å². The molecule has 0 atom stereocenters. The summed E-state index contributed by atoms with van der Waals surface area (Å²) in [4.78, 5) is 55.9. The highest BCUT2D eigenvalue weighted by Crippen LogP contribution is 2.32. The number of aromatic nitrogens is 3. The number of imide groups is 1. The van der Waals surface area contributed by atoms with Gasteiger partial charge in [0.15, 0.2) is 5.82 Å². The number of hydrogen-bond acceptors (Lipinski definition) is 9. The van der Waals surface area contributed by atoms with Crippen molar-refractivity contribution >= 4 is 40.9 Å². The number of aryl methyl sites for hydroxylation is 2. The molecule has 0 spiro atoms. The van der Waals surface area contributed by atoms with Gasteiger partial charge in [0.25, 0.3) is 11.8 Å². The normalized spacial score (nSPS) is 14.7. The van der Waals surface area contributed by atoms with Gasteiger partial charge in [0, 0.05) is 35.6 Å². The lowest BCUT2D eigenvalue weighted by Crippen LogP contribution is -2.39. The van der Waals surface area contributed by atoms with Crippen LogP contribution in [-0.4, -0.2) is 62.3 Å². The van der Waals surface area contributed by atoms with Gasteiger partial charge >= 0.3 is 12.1 Å². The third-order valence-corrected chi connectivity index (χ3v) is 6.74. The van der Waals surface area contributed by atoms with Crippen LogP contribution in [0.1, 0.15) is 64.4 Å². The van der Waals surface area contributed by atoms with E-state index in [1.165, 1.54) is 23.0 Å². The molecular weight excluding hydrogens is 516 g/mol. The Morgan fingerprint density at radius 2 is 1.90 bits per heavy atom. The molecule has 2 aliphatic rings. The number of esters is 1. The van der Waals surface area contributed by atoms with Crippen molar-refractivity contribution in [2.45, 2.75) is 58.5 Å². The molecule has 0 aliphatic heterocycles. The number of benzene rings is 1. The van der Waals surface area contributed by atoms with Crippen molar-refractivity contribution in [3.63, 3.8) is 0 Å². The summed E-state index contributed by atoms with van der Waals surface area (Å²) in [6.45, 7) is 4.71. The number of nitrogens with zero attached hydrogens (tertiary/aromatic N) is 4. The van der Waals surface area contributed by atoms with Gasteiger partial charge in [-0.2, -0.15) is 5.10 Å². The molecule has 2 heterocycles. The van der Waals surface area contributed by atoms with Crippen LogP contribution in [0.3, 0.4) is 0 Å². The maximum atomic E-state index is 13.6. The molecule has 40 heavy (non-hydrogen) atoms. The number of carbonyl (C=O) groups is 4. The minimum atomic E-state index is -0.892. The van der Waals surface area contributed by atoms with Crippen molar-refractivity contribution in [2.75, 3.05) is 12.1 Å². The molecule has 2 aromatic heterocycles. The molecule has 0 radical (unpaired) electrons. The number of ether oxygens (including phenoxy) is 2. The Labute approximate surface area is 230 Å². The Morgan fingerprint density at radius 3 is 2.60 bits per heavy atom. The molecule has 3 amide bonds. The van der Waals surface area contributed by atoms with Gasteiger partial charge in [0.2, 0.25) is 6.79 Å². The molecular formula is C28H30N6O6. The number of hydrogen-bond donors (Lipinski definition) is 2. The maximum absolute atomic E-state index is 13.6. The molecule has 208 valence electrons. The maximum Gasteiger partial charge on any atom is 0.419 e. The number of fused-ring (bicyclic) bond motifs is 1. The first kappa shape index (κ1) is 26.9. The average molecular weight is 547 g/mol. The SMILES string of the molecule is C/C=C/C(=O)OCOC(=O)N(C(=O)c1cn2ncnc(Nc3cc(C(=O)NC4CC4)ccc3C)c2c1C)C1CC1. The molecule has 2 fully saturated rings. The molecule has 12 nitrogen and oxygen atoms in total. The number of amides is 3. The number of nitrogens with one attached hydrogen (secondary N) is 2. The monoisotopic (exact) mass is 546 g/mol. The van der Waals surface area contributed by atoms with Crippen molar-refractivity contribution < 1.29 is 28.7 Å². The van der Waals surface area contributed by atoms with Crippen LogP contribution >= 0.6 is 0 Å². The Kier molecular flexibility index (Phi) is 7.50. The van der Waals surface area contributed by atoms with E-state index in [9.17, 15) is 19.2 Å². The second-order valence-electron chi connectivity index (χ2n) is 9.87. The molecule has 0 saturated heterocycles. The second-order valence-corrected chi connectivity index (χ2v) is 9.87. The van der Waals surface area contributed by atoms with Gasteiger partial charge in [-0.25, -0.2) is 24.0 Å². The lowest BCUT2D eigenvalue weighted by atomic mass is 10.1. The topological polar surface area (TPSA) is 144 Å². The summed E-state index contributed by atoms with van der Waals surface area (Å²) in [7, 11) is 0. The Bertz CT molecular complexity index is 1520. The highest BCUT2D eigenvalue weighted by Gasteiger charge is 2.40. The molecule has 2 aliphatic carbocycles. The van der Waals surface area contributed by atoms with Crippen LogP contribution in [0.2, 0.25) is 0 Å². The largest absolute Gasteiger partial charge is 0.425 e. The summed E-state index contributed by atoms with van der Waals surface area (Å²) >= 11 is 0. The fourth-order valence-corrected chi connectivity index (χ4v) is 4.24. The zero-order valence-corrected chi connectivity index (χ0v) is 22.5. The van der Waals surface area contributed by atoms with Crippen molar-refractivity contribution in [1.29, 1.82) is 0 Å². The van der Waals surface area contributed by atoms with Gasteiger partial charge in [-0.3, -0.25) is 9.59 Å². The Morgan fingerprint density at radius 1 is 1.12 bits per heavy atom. The lowest BCUT2D eigenvalue weighted by molar-refractivity contribution is -0.146. The van der Waals surface area contributed by atoms with E-state index < -0.39 is 24.8 Å². The van der Waals surface area contributed by atoms with Gasteiger partial charge < -0.3 is 20.1 Å². The van der Waals surface area contributed by atoms with Crippen LogP contribution in [0.15, 0.2) is 42.9 Å². The second kappa shape index (κ2) is 11.2. The summed E-state index contributed by atoms with van der Waals surface area (Å²) in [6, 6.07) is 5.35. The van der Waals surface area contributed by atoms with E-state index in [2.05, 4.69) is 20.7 Å². The van der Waals surface area contributed by atoms with E-state index in [-0.39, 0.29) is 23.6 Å². The fraction of sp³-hybridized carbons (Fsp3) is 0.357. The van der Waals surface area contributed by atoms with Crippen LogP contribution < -0.4 is 10.6 Å². The van der Waals surface area contributed by atoms with E-state index in [0.29, 0.717) is 41.0 Å². The van der Waals surface area contributed by atoms with Gasteiger partial charge in [-0.15, -0.1) is 0 Å². The molecule has 2 N–H and O–H groups in total. The smallest absolute Gasteiger partial charge is 0.419 e. The zero-order chi connectivity index (χ0) is 28.4. The average Bonchev–Trinajstić information content (AvgIpc) is 3.86. The predicted molar refractivity (Wildman–Crippen MR) is 144 cm³/mol. The standard InChI is InChI=1S/C28H30N6O6/c1-4-5-23(35)39-15-40-28(38)34(20-10-11-20)27(37)21-13-33-24(17(21)3)25(29-14-30-33)32-22-12-18(7-6-16(22)2)26(36)31-19-8-9-19/h4-7,12-14,19-20H,8-11,15H2,1-3H3,(H,31,36)(H,29,30,32)/b5-4+. The van der Waals surface area contributed by atoms with Gasteiger partial charge in [0.05, 0.1) is 5.56 Å². The molecule has 0 bridgehead atoms. The highest BCUT2D eigenvalue weighted by molar-refractivity contribution is 6.06. The van der Waals surface area contributed by atoms with Crippen LogP contribution in [0.5, 0.6) is 0 Å². The summed E-state index contributed by atoms with van der Waals surface area (Å²) in [5.41, 5.74) is 3.48. The van der Waals surface area contributed by atoms with Crippen molar-refractivity contribution in [1.82, 2.24) is 24.8 Å². The molecule has 2 saturated carbocycles. The molecule has 3 aromatic rings. The van der Waals surface area contributed by atoms with E-state index in [4.69, 9.17) is 9.47 Å². The number of carbonyl (C=O) groups excluding carboxylic acids is 4. The van der Waals surface area contributed by atoms with E-state index in [1.807, 2.05) is 13.0 Å². The zero-order valence-electron chi connectivity index (χ0n) is 22.5. The van der Waals surface area contributed by atoms with Crippen LogP contribution in [0.25, 0.3) is 5.52 Å². The fourth-order valence-electron chi connectivity index (χ4n) is 4.24. The summed E-state index contributed by atoms with van der Waals surface area (Å²) in [5.74, 6) is -0.896. The van der Waals surface area contributed by atoms with E-state index in [0.717, 1.165) is 23.3 Å². The molecule has 5 rings (SSSR count). The first-order valence-corrected chi connectivity index (χ1v) is 13.1. The lowest BCUT2D eigenvalue weighted by Gasteiger charge is -2.19. The van der Waals surface area contributed by atoms with E-state index >= 15 is 0 Å². The summed E-state index contributed by atoms with van der Waals surface area (Å²) < 4.78 is 11.4. The van der Waals surface area contributed by atoms with Crippen molar-refractivity contribution in [3.8, 4) is 0 Å². The van der Waals surface area contributed by atoms with Crippen LogP contribution in [0.4, 0.5) is 16.3 Å². The molecule has 0 unspecified atom stereocenters. The van der Waals surface area contributed by atoms with Gasteiger partial charge in [-0.05, 0) is 69.7 Å². The molecule has 1 aromatic carbocycles. The highest BCUT2D eigenvalue weighted by atomic mass is 16.7. The third-order valence-electron chi connectivity index (χ3n) is 6.74. The van der Waals surface area contributed by atoms with Crippen molar-refractivity contribution in [2.24, 2.45) is 0 Å². The third kappa shape index (κ3) is 5.80.